The second-order valence-electron chi connectivity index (χ2n) is 6.87. The third-order valence-electron chi connectivity index (χ3n) is 3.93. The molecule has 2 aromatic rings. The van der Waals surface area contributed by atoms with E-state index in [1.165, 1.54) is 16.5 Å². The van der Waals surface area contributed by atoms with Crippen LogP contribution in [-0.4, -0.2) is 11.5 Å². The van der Waals surface area contributed by atoms with Gasteiger partial charge in [-0.05, 0) is 48.4 Å². The highest BCUT2D eigenvalue weighted by Crippen LogP contribution is 2.30. The minimum atomic E-state index is 0.120. The van der Waals surface area contributed by atoms with Crippen LogP contribution in [0.25, 0.3) is 10.9 Å². The zero-order valence-electron chi connectivity index (χ0n) is 13.3. The largest absolute Gasteiger partial charge is 0.330 e. The number of hydrogen-bond donors (Lipinski definition) is 1. The molecule has 2 N–H and O–H groups in total. The molecule has 0 unspecified atom stereocenters. The summed E-state index contributed by atoms with van der Waals surface area (Å²) in [6.07, 6.45) is 0.991. The Morgan fingerprint density at radius 3 is 2.55 bits per heavy atom. The first-order valence-corrected chi connectivity index (χ1v) is 7.43. The maximum atomic E-state index is 5.90. The number of rotatable bonds is 4. The van der Waals surface area contributed by atoms with Crippen molar-refractivity contribution >= 4 is 10.9 Å². The molecule has 0 amide bonds. The van der Waals surface area contributed by atoms with E-state index in [4.69, 9.17) is 10.7 Å². The van der Waals surface area contributed by atoms with Crippen molar-refractivity contribution in [1.82, 2.24) is 4.98 Å². The van der Waals surface area contributed by atoms with E-state index in [-0.39, 0.29) is 5.41 Å². The molecule has 0 aliphatic carbocycles. The summed E-state index contributed by atoms with van der Waals surface area (Å²) in [5, 5.41) is 1.28. The highest BCUT2D eigenvalue weighted by Gasteiger charge is 2.19. The third kappa shape index (κ3) is 3.01. The SMILES string of the molecule is Cc1cc(CC(C)(C)CN)c2cccc(C(C)C)c2n1. The number of aromatic nitrogens is 1. The molecular formula is C18H26N2. The van der Waals surface area contributed by atoms with Crippen LogP contribution < -0.4 is 5.73 Å². The first-order valence-electron chi connectivity index (χ1n) is 7.43. The zero-order chi connectivity index (χ0) is 14.9. The van der Waals surface area contributed by atoms with E-state index in [0.717, 1.165) is 17.6 Å². The topological polar surface area (TPSA) is 38.9 Å². The first kappa shape index (κ1) is 15.0. The normalized spacial score (nSPS) is 12.3. The molecule has 2 nitrogen and oxygen atoms in total. The lowest BCUT2D eigenvalue weighted by Crippen LogP contribution is -2.26. The van der Waals surface area contributed by atoms with Crippen molar-refractivity contribution in [3.63, 3.8) is 0 Å². The predicted molar refractivity (Wildman–Crippen MR) is 87.1 cm³/mol. The van der Waals surface area contributed by atoms with Gasteiger partial charge in [0.1, 0.15) is 0 Å². The number of nitrogens with two attached hydrogens (primary N) is 1. The smallest absolute Gasteiger partial charge is 0.0742 e. The predicted octanol–water partition coefficient (Wildman–Crippen LogP) is 4.19. The van der Waals surface area contributed by atoms with Crippen molar-refractivity contribution in [2.75, 3.05) is 6.54 Å². The van der Waals surface area contributed by atoms with Crippen LogP contribution in [0.15, 0.2) is 24.3 Å². The van der Waals surface area contributed by atoms with Crippen LogP contribution in [0, 0.1) is 12.3 Å². The third-order valence-corrected chi connectivity index (χ3v) is 3.93. The summed E-state index contributed by atoms with van der Waals surface area (Å²) in [4.78, 5) is 4.78. The molecule has 0 aliphatic heterocycles. The van der Waals surface area contributed by atoms with Gasteiger partial charge in [0.25, 0.3) is 0 Å². The van der Waals surface area contributed by atoms with Gasteiger partial charge in [-0.3, -0.25) is 4.98 Å². The van der Waals surface area contributed by atoms with E-state index in [0.29, 0.717) is 12.5 Å². The molecule has 1 aromatic heterocycles. The Kier molecular flexibility index (Phi) is 4.14. The van der Waals surface area contributed by atoms with Gasteiger partial charge in [0, 0.05) is 11.1 Å². The summed E-state index contributed by atoms with van der Waals surface area (Å²) in [6.45, 7) is 11.7. The number of aryl methyl sites for hydroxylation is 1. The average Bonchev–Trinajstić information content (AvgIpc) is 2.37. The maximum Gasteiger partial charge on any atom is 0.0742 e. The van der Waals surface area contributed by atoms with E-state index in [9.17, 15) is 0 Å². The van der Waals surface area contributed by atoms with E-state index >= 15 is 0 Å². The summed E-state index contributed by atoms with van der Waals surface area (Å²) < 4.78 is 0. The van der Waals surface area contributed by atoms with E-state index in [1.807, 2.05) is 0 Å². The zero-order valence-corrected chi connectivity index (χ0v) is 13.3. The standard InChI is InChI=1S/C18H26N2/c1-12(2)15-7-6-8-16-14(10-18(4,5)11-19)9-13(3)20-17(15)16/h6-9,12H,10-11,19H2,1-5H3. The summed E-state index contributed by atoms with van der Waals surface area (Å²) >= 11 is 0. The minimum Gasteiger partial charge on any atom is -0.330 e. The molecule has 0 bridgehead atoms. The van der Waals surface area contributed by atoms with E-state index < -0.39 is 0 Å². The Balaban J connectivity index is 2.64. The molecule has 0 fully saturated rings. The molecule has 1 heterocycles. The fourth-order valence-corrected chi connectivity index (χ4v) is 2.68. The summed E-state index contributed by atoms with van der Waals surface area (Å²) in [7, 11) is 0. The van der Waals surface area contributed by atoms with Crippen LogP contribution in [-0.2, 0) is 6.42 Å². The van der Waals surface area contributed by atoms with Gasteiger partial charge in [0.05, 0.1) is 5.52 Å². The monoisotopic (exact) mass is 270 g/mol. The fourth-order valence-electron chi connectivity index (χ4n) is 2.68. The van der Waals surface area contributed by atoms with Gasteiger partial charge in [-0.1, -0.05) is 45.9 Å². The second-order valence-corrected chi connectivity index (χ2v) is 6.87. The quantitative estimate of drug-likeness (QED) is 0.904. The molecule has 0 radical (unpaired) electrons. The van der Waals surface area contributed by atoms with Gasteiger partial charge < -0.3 is 5.73 Å². The van der Waals surface area contributed by atoms with Crippen LogP contribution in [0.2, 0.25) is 0 Å². The van der Waals surface area contributed by atoms with Gasteiger partial charge in [-0.2, -0.15) is 0 Å². The average molecular weight is 270 g/mol. The molecule has 2 heteroatoms. The number of fused-ring (bicyclic) bond motifs is 1. The van der Waals surface area contributed by atoms with Crippen LogP contribution >= 0.6 is 0 Å². The van der Waals surface area contributed by atoms with E-state index in [2.05, 4.69) is 58.9 Å². The number of pyridine rings is 1. The molecule has 0 atom stereocenters. The Bertz CT molecular complexity index is 612. The van der Waals surface area contributed by atoms with Crippen molar-refractivity contribution in [3.05, 3.63) is 41.1 Å². The highest BCUT2D eigenvalue weighted by molar-refractivity contribution is 5.85. The maximum absolute atomic E-state index is 5.90. The molecule has 2 rings (SSSR count). The fraction of sp³-hybridized carbons (Fsp3) is 0.500. The Labute approximate surface area is 122 Å². The van der Waals surface area contributed by atoms with Crippen molar-refractivity contribution in [1.29, 1.82) is 0 Å². The van der Waals surface area contributed by atoms with Gasteiger partial charge in [-0.15, -0.1) is 0 Å². The lowest BCUT2D eigenvalue weighted by Gasteiger charge is -2.24. The molecule has 0 spiro atoms. The summed E-state index contributed by atoms with van der Waals surface area (Å²) in [5.74, 6) is 0.489. The minimum absolute atomic E-state index is 0.120. The molecule has 1 aromatic carbocycles. The van der Waals surface area contributed by atoms with Crippen molar-refractivity contribution in [2.45, 2.75) is 47.0 Å². The molecule has 20 heavy (non-hydrogen) atoms. The number of para-hydroxylation sites is 1. The highest BCUT2D eigenvalue weighted by atomic mass is 14.7. The Morgan fingerprint density at radius 1 is 1.25 bits per heavy atom. The molecule has 0 saturated heterocycles. The van der Waals surface area contributed by atoms with Gasteiger partial charge in [-0.25, -0.2) is 0 Å². The lowest BCUT2D eigenvalue weighted by atomic mass is 9.84. The van der Waals surface area contributed by atoms with Gasteiger partial charge in [0.15, 0.2) is 0 Å². The summed E-state index contributed by atoms with van der Waals surface area (Å²) in [5.41, 5.74) is 11.0. The Morgan fingerprint density at radius 2 is 1.95 bits per heavy atom. The van der Waals surface area contributed by atoms with Crippen molar-refractivity contribution in [2.24, 2.45) is 11.1 Å². The van der Waals surface area contributed by atoms with Crippen molar-refractivity contribution < 1.29 is 0 Å². The molecule has 108 valence electrons. The molecular weight excluding hydrogens is 244 g/mol. The van der Waals surface area contributed by atoms with Gasteiger partial charge >= 0.3 is 0 Å². The second kappa shape index (κ2) is 5.53. The number of hydrogen-bond acceptors (Lipinski definition) is 2. The molecule has 0 aliphatic rings. The van der Waals surface area contributed by atoms with Crippen LogP contribution in [0.5, 0.6) is 0 Å². The molecule has 0 saturated carbocycles. The first-order chi connectivity index (χ1) is 9.34. The van der Waals surface area contributed by atoms with Crippen LogP contribution in [0.3, 0.4) is 0 Å². The van der Waals surface area contributed by atoms with E-state index in [1.54, 1.807) is 0 Å². The number of benzene rings is 1. The van der Waals surface area contributed by atoms with Crippen molar-refractivity contribution in [3.8, 4) is 0 Å². The lowest BCUT2D eigenvalue weighted by molar-refractivity contribution is 0.378. The van der Waals surface area contributed by atoms with Gasteiger partial charge in [0.2, 0.25) is 0 Å². The Hall–Kier alpha value is -1.41. The summed E-state index contributed by atoms with van der Waals surface area (Å²) in [6, 6.07) is 8.74. The van der Waals surface area contributed by atoms with Crippen LogP contribution in [0.4, 0.5) is 0 Å². The van der Waals surface area contributed by atoms with Crippen LogP contribution in [0.1, 0.15) is 50.4 Å². The number of nitrogens with zero attached hydrogens (tertiary/aromatic N) is 1.